The van der Waals surface area contributed by atoms with E-state index in [1.165, 1.54) is 22.0 Å². The highest BCUT2D eigenvalue weighted by molar-refractivity contribution is 5.82. The van der Waals surface area contributed by atoms with Gasteiger partial charge in [0.1, 0.15) is 5.82 Å². The fraction of sp³-hybridized carbons (Fsp3) is 0.250. The van der Waals surface area contributed by atoms with Crippen molar-refractivity contribution in [2.75, 3.05) is 6.54 Å². The van der Waals surface area contributed by atoms with Gasteiger partial charge >= 0.3 is 0 Å². The molecule has 0 amide bonds. The van der Waals surface area contributed by atoms with Crippen LogP contribution in [-0.4, -0.2) is 21.1 Å². The first-order valence-corrected chi connectivity index (χ1v) is 8.50. The summed E-state index contributed by atoms with van der Waals surface area (Å²) < 4.78 is 2.31. The van der Waals surface area contributed by atoms with Gasteiger partial charge in [0.25, 0.3) is 0 Å². The molecule has 0 saturated carbocycles. The van der Waals surface area contributed by atoms with Crippen molar-refractivity contribution >= 4 is 21.9 Å². The molecule has 4 nitrogen and oxygen atoms in total. The molecule has 0 spiro atoms. The average Bonchev–Trinajstić information content (AvgIpc) is 3.19. The van der Waals surface area contributed by atoms with Crippen molar-refractivity contribution in [2.24, 2.45) is 0 Å². The lowest BCUT2D eigenvalue weighted by Crippen LogP contribution is -2.17. The van der Waals surface area contributed by atoms with Crippen molar-refractivity contribution < 1.29 is 0 Å². The summed E-state index contributed by atoms with van der Waals surface area (Å²) in [6.07, 6.45) is 3.09. The lowest BCUT2D eigenvalue weighted by molar-refractivity contribution is 0.582. The van der Waals surface area contributed by atoms with Crippen LogP contribution in [0.15, 0.2) is 54.7 Å². The maximum Gasteiger partial charge on any atom is 0.106 e. The first-order chi connectivity index (χ1) is 11.8. The fourth-order valence-corrected chi connectivity index (χ4v) is 3.37. The van der Waals surface area contributed by atoms with E-state index in [2.05, 4.69) is 69.2 Å². The Bertz CT molecular complexity index is 964. The van der Waals surface area contributed by atoms with Gasteiger partial charge in [-0.2, -0.15) is 0 Å². The molecule has 0 atom stereocenters. The number of hydrogen-bond acceptors (Lipinski definition) is 2. The molecule has 0 aliphatic rings. The van der Waals surface area contributed by atoms with Gasteiger partial charge in [-0.15, -0.1) is 0 Å². The largest absolute Gasteiger partial charge is 0.361 e. The van der Waals surface area contributed by atoms with Crippen LogP contribution in [0.2, 0.25) is 0 Å². The van der Waals surface area contributed by atoms with Crippen molar-refractivity contribution in [1.82, 2.24) is 19.9 Å². The Hall–Kier alpha value is -2.59. The third kappa shape index (κ3) is 2.81. The number of fused-ring (bicyclic) bond motifs is 2. The minimum absolute atomic E-state index is 0.902. The minimum Gasteiger partial charge on any atom is -0.361 e. The molecule has 0 fully saturated rings. The van der Waals surface area contributed by atoms with Crippen LogP contribution in [-0.2, 0) is 13.1 Å². The van der Waals surface area contributed by atoms with Crippen LogP contribution in [0.1, 0.15) is 17.8 Å². The van der Waals surface area contributed by atoms with Crippen molar-refractivity contribution in [3.05, 3.63) is 66.1 Å². The van der Waals surface area contributed by atoms with Crippen LogP contribution in [0.3, 0.4) is 0 Å². The maximum atomic E-state index is 4.63. The Balaban J connectivity index is 1.35. The number of imidazole rings is 1. The molecule has 2 N–H and O–H groups in total. The van der Waals surface area contributed by atoms with E-state index in [-0.39, 0.29) is 0 Å². The lowest BCUT2D eigenvalue weighted by Gasteiger charge is -2.09. The second-order valence-corrected chi connectivity index (χ2v) is 6.19. The summed E-state index contributed by atoms with van der Waals surface area (Å²) in [6, 6.07) is 16.9. The summed E-state index contributed by atoms with van der Waals surface area (Å²) in [7, 11) is 0. The highest BCUT2D eigenvalue weighted by Crippen LogP contribution is 2.17. The SMILES string of the molecule is Cc1nc2ccccc2n1CCCNCc1cccc2[nH]ccc12. The van der Waals surface area contributed by atoms with Crippen LogP contribution < -0.4 is 5.32 Å². The molecular weight excluding hydrogens is 296 g/mol. The first-order valence-electron chi connectivity index (χ1n) is 8.50. The Morgan fingerprint density at radius 2 is 2.00 bits per heavy atom. The molecule has 2 aromatic heterocycles. The number of rotatable bonds is 6. The third-order valence-corrected chi connectivity index (χ3v) is 4.58. The molecule has 4 aromatic rings. The van der Waals surface area contributed by atoms with E-state index in [1.807, 2.05) is 12.3 Å². The molecule has 0 aliphatic heterocycles. The predicted molar refractivity (Wildman–Crippen MR) is 99.1 cm³/mol. The first kappa shape index (κ1) is 15.0. The van der Waals surface area contributed by atoms with Gasteiger partial charge in [0.05, 0.1) is 11.0 Å². The van der Waals surface area contributed by atoms with E-state index in [1.54, 1.807) is 0 Å². The zero-order valence-electron chi connectivity index (χ0n) is 13.9. The lowest BCUT2D eigenvalue weighted by atomic mass is 10.1. The molecule has 24 heavy (non-hydrogen) atoms. The van der Waals surface area contributed by atoms with E-state index in [4.69, 9.17) is 0 Å². The summed E-state index contributed by atoms with van der Waals surface area (Å²) in [5.41, 5.74) is 4.86. The highest BCUT2D eigenvalue weighted by Gasteiger charge is 2.06. The van der Waals surface area contributed by atoms with Gasteiger partial charge in [-0.25, -0.2) is 4.98 Å². The molecule has 0 unspecified atom stereocenters. The molecule has 0 bridgehead atoms. The number of benzene rings is 2. The monoisotopic (exact) mass is 318 g/mol. The van der Waals surface area contributed by atoms with Gasteiger partial charge in [-0.3, -0.25) is 0 Å². The normalized spacial score (nSPS) is 11.5. The van der Waals surface area contributed by atoms with Crippen LogP contribution in [0.25, 0.3) is 21.9 Å². The van der Waals surface area contributed by atoms with Gasteiger partial charge in [-0.05, 0) is 49.7 Å². The number of H-pyrrole nitrogens is 1. The van der Waals surface area contributed by atoms with Gasteiger partial charge in [-0.1, -0.05) is 24.3 Å². The van der Waals surface area contributed by atoms with E-state index in [0.29, 0.717) is 0 Å². The second kappa shape index (κ2) is 6.49. The van der Waals surface area contributed by atoms with Crippen LogP contribution in [0.4, 0.5) is 0 Å². The smallest absolute Gasteiger partial charge is 0.106 e. The molecule has 0 saturated heterocycles. The summed E-state index contributed by atoms with van der Waals surface area (Å²) >= 11 is 0. The average molecular weight is 318 g/mol. The van der Waals surface area contributed by atoms with E-state index in [0.717, 1.165) is 37.4 Å². The topological polar surface area (TPSA) is 45.6 Å². The Morgan fingerprint density at radius 3 is 2.96 bits per heavy atom. The van der Waals surface area contributed by atoms with E-state index in [9.17, 15) is 0 Å². The third-order valence-electron chi connectivity index (χ3n) is 4.58. The van der Waals surface area contributed by atoms with Crippen molar-refractivity contribution in [3.8, 4) is 0 Å². The summed E-state index contributed by atoms with van der Waals surface area (Å²) in [4.78, 5) is 7.89. The summed E-state index contributed by atoms with van der Waals surface area (Å²) in [6.45, 7) is 4.97. The number of hydrogen-bond donors (Lipinski definition) is 2. The van der Waals surface area contributed by atoms with Crippen LogP contribution in [0, 0.1) is 6.92 Å². The molecule has 122 valence electrons. The standard InChI is InChI=1S/C20H22N4/c1-15-23-19-7-2-3-9-20(19)24(15)13-5-11-21-14-16-6-4-8-18-17(16)10-12-22-18/h2-4,6-10,12,21-22H,5,11,13-14H2,1H3. The quantitative estimate of drug-likeness (QED) is 0.528. The zero-order valence-corrected chi connectivity index (χ0v) is 13.9. The number of aromatic nitrogens is 3. The predicted octanol–water partition coefficient (Wildman–Crippen LogP) is 4.01. The molecule has 4 rings (SSSR count). The second-order valence-electron chi connectivity index (χ2n) is 6.19. The van der Waals surface area contributed by atoms with Crippen molar-refractivity contribution in [1.29, 1.82) is 0 Å². The van der Waals surface area contributed by atoms with Gasteiger partial charge in [0.2, 0.25) is 0 Å². The van der Waals surface area contributed by atoms with E-state index < -0.39 is 0 Å². The van der Waals surface area contributed by atoms with E-state index >= 15 is 0 Å². The zero-order chi connectivity index (χ0) is 16.4. The molecule has 4 heteroatoms. The summed E-state index contributed by atoms with van der Waals surface area (Å²) in [5.74, 6) is 1.09. The molecule has 0 aliphatic carbocycles. The fourth-order valence-electron chi connectivity index (χ4n) is 3.37. The number of aryl methyl sites for hydroxylation is 2. The Kier molecular flexibility index (Phi) is 4.05. The maximum absolute atomic E-state index is 4.63. The van der Waals surface area contributed by atoms with Crippen LogP contribution >= 0.6 is 0 Å². The van der Waals surface area contributed by atoms with Gasteiger partial charge in [0, 0.05) is 30.2 Å². The van der Waals surface area contributed by atoms with Gasteiger partial charge in [0.15, 0.2) is 0 Å². The summed E-state index contributed by atoms with van der Waals surface area (Å²) in [5, 5.41) is 4.87. The minimum atomic E-state index is 0.902. The van der Waals surface area contributed by atoms with Gasteiger partial charge < -0.3 is 14.9 Å². The molecular formula is C20H22N4. The molecule has 0 radical (unpaired) electrons. The Labute approximate surface area is 141 Å². The number of para-hydroxylation sites is 2. The Morgan fingerprint density at radius 1 is 1.08 bits per heavy atom. The van der Waals surface area contributed by atoms with Crippen molar-refractivity contribution in [2.45, 2.75) is 26.4 Å². The van der Waals surface area contributed by atoms with Crippen molar-refractivity contribution in [3.63, 3.8) is 0 Å². The molecule has 2 heterocycles. The molecule has 2 aromatic carbocycles. The number of aromatic amines is 1. The highest BCUT2D eigenvalue weighted by atomic mass is 15.1. The number of nitrogens with zero attached hydrogens (tertiary/aromatic N) is 2. The number of nitrogens with one attached hydrogen (secondary N) is 2. The van der Waals surface area contributed by atoms with Crippen LogP contribution in [0.5, 0.6) is 0 Å².